The Morgan fingerprint density at radius 2 is 2.14 bits per heavy atom. The minimum Gasteiger partial charge on any atom is -0.484 e. The number of nitro benzene ring substituents is 1. The number of anilines is 2. The summed E-state index contributed by atoms with van der Waals surface area (Å²) in [6.45, 7) is 4.53. The molecule has 0 saturated carbocycles. The molecular weight excluding hydrogens is 270 g/mol. The SMILES string of the molecule is CC1(C)CN(c2ccccn2)c2cc([N+](=O)[O-])ccc2O1. The number of nitro groups is 1. The number of non-ortho nitro benzene ring substituents is 1. The van der Waals surface area contributed by atoms with Crippen LogP contribution in [-0.4, -0.2) is 22.1 Å². The lowest BCUT2D eigenvalue weighted by atomic mass is 10.0. The van der Waals surface area contributed by atoms with Gasteiger partial charge in [0.2, 0.25) is 0 Å². The fourth-order valence-corrected chi connectivity index (χ4v) is 2.43. The van der Waals surface area contributed by atoms with Crippen molar-refractivity contribution in [3.63, 3.8) is 0 Å². The van der Waals surface area contributed by atoms with E-state index in [2.05, 4.69) is 4.98 Å². The molecule has 6 heteroatoms. The first kappa shape index (κ1) is 13.4. The third-order valence-corrected chi connectivity index (χ3v) is 3.30. The highest BCUT2D eigenvalue weighted by atomic mass is 16.6. The number of nitrogens with zero attached hydrogens (tertiary/aromatic N) is 3. The highest BCUT2D eigenvalue weighted by Gasteiger charge is 2.34. The van der Waals surface area contributed by atoms with Crippen molar-refractivity contribution in [2.24, 2.45) is 0 Å². The minimum atomic E-state index is -0.406. The highest BCUT2D eigenvalue weighted by Crippen LogP contribution is 2.42. The largest absolute Gasteiger partial charge is 0.484 e. The Morgan fingerprint density at radius 3 is 2.81 bits per heavy atom. The van der Waals surface area contributed by atoms with E-state index < -0.39 is 10.5 Å². The minimum absolute atomic E-state index is 0.0398. The fourth-order valence-electron chi connectivity index (χ4n) is 2.43. The van der Waals surface area contributed by atoms with Crippen LogP contribution < -0.4 is 9.64 Å². The molecule has 1 aromatic carbocycles. The molecule has 0 aliphatic carbocycles. The van der Waals surface area contributed by atoms with Gasteiger partial charge >= 0.3 is 0 Å². The van der Waals surface area contributed by atoms with E-state index >= 15 is 0 Å². The van der Waals surface area contributed by atoms with Crippen LogP contribution in [0.4, 0.5) is 17.2 Å². The van der Waals surface area contributed by atoms with Crippen LogP contribution >= 0.6 is 0 Å². The van der Waals surface area contributed by atoms with E-state index in [0.717, 1.165) is 5.82 Å². The summed E-state index contributed by atoms with van der Waals surface area (Å²) in [6, 6.07) is 10.2. The maximum absolute atomic E-state index is 11.0. The molecule has 0 N–H and O–H groups in total. The van der Waals surface area contributed by atoms with Crippen LogP contribution in [0, 0.1) is 10.1 Å². The van der Waals surface area contributed by atoms with Crippen molar-refractivity contribution in [1.82, 2.24) is 4.98 Å². The summed E-state index contributed by atoms with van der Waals surface area (Å²) in [7, 11) is 0. The molecule has 3 rings (SSSR count). The summed E-state index contributed by atoms with van der Waals surface area (Å²) in [6.07, 6.45) is 1.70. The lowest BCUT2D eigenvalue weighted by Gasteiger charge is -2.40. The third-order valence-electron chi connectivity index (χ3n) is 3.30. The number of hydrogen-bond acceptors (Lipinski definition) is 5. The topological polar surface area (TPSA) is 68.5 Å². The van der Waals surface area contributed by atoms with Crippen LogP contribution in [0.1, 0.15) is 13.8 Å². The normalized spacial score (nSPS) is 16.0. The molecule has 1 aromatic heterocycles. The van der Waals surface area contributed by atoms with Crippen LogP contribution in [0.15, 0.2) is 42.6 Å². The van der Waals surface area contributed by atoms with Crippen molar-refractivity contribution >= 4 is 17.2 Å². The van der Waals surface area contributed by atoms with Gasteiger partial charge in [0.25, 0.3) is 5.69 Å². The van der Waals surface area contributed by atoms with E-state index in [-0.39, 0.29) is 5.69 Å². The number of ether oxygens (including phenoxy) is 1. The van der Waals surface area contributed by atoms with E-state index in [0.29, 0.717) is 18.0 Å². The van der Waals surface area contributed by atoms with Crippen molar-refractivity contribution in [3.8, 4) is 5.75 Å². The van der Waals surface area contributed by atoms with Crippen LogP contribution in [0.25, 0.3) is 0 Å². The lowest BCUT2D eigenvalue weighted by Crippen LogP contribution is -2.45. The zero-order chi connectivity index (χ0) is 15.0. The molecule has 0 fully saturated rings. The Labute approximate surface area is 122 Å². The highest BCUT2D eigenvalue weighted by molar-refractivity contribution is 5.71. The Kier molecular flexibility index (Phi) is 3.01. The van der Waals surface area contributed by atoms with Crippen LogP contribution in [0.2, 0.25) is 0 Å². The number of rotatable bonds is 2. The molecule has 0 saturated heterocycles. The molecule has 6 nitrogen and oxygen atoms in total. The molecule has 2 heterocycles. The third kappa shape index (κ3) is 2.52. The van der Waals surface area contributed by atoms with Crippen molar-refractivity contribution in [2.45, 2.75) is 19.4 Å². The van der Waals surface area contributed by atoms with E-state index in [1.807, 2.05) is 36.9 Å². The summed E-state index contributed by atoms with van der Waals surface area (Å²) >= 11 is 0. The maximum atomic E-state index is 11.0. The van der Waals surface area contributed by atoms with Gasteiger partial charge in [-0.2, -0.15) is 0 Å². The van der Waals surface area contributed by atoms with Gasteiger partial charge in [0.15, 0.2) is 0 Å². The molecule has 0 bridgehead atoms. The summed E-state index contributed by atoms with van der Waals surface area (Å²) in [5.74, 6) is 1.37. The molecule has 0 amide bonds. The van der Waals surface area contributed by atoms with Crippen LogP contribution in [-0.2, 0) is 0 Å². The van der Waals surface area contributed by atoms with Gasteiger partial charge in [-0.3, -0.25) is 10.1 Å². The van der Waals surface area contributed by atoms with Crippen molar-refractivity contribution in [1.29, 1.82) is 0 Å². The summed E-state index contributed by atoms with van der Waals surface area (Å²) in [5, 5.41) is 11.0. The Balaban J connectivity index is 2.13. The predicted octanol–water partition coefficient (Wildman–Crippen LogP) is 3.30. The summed E-state index contributed by atoms with van der Waals surface area (Å²) < 4.78 is 5.91. The van der Waals surface area contributed by atoms with Gasteiger partial charge in [0, 0.05) is 18.3 Å². The second-order valence-electron chi connectivity index (χ2n) is 5.54. The quantitative estimate of drug-likeness (QED) is 0.625. The monoisotopic (exact) mass is 285 g/mol. The number of hydrogen-bond donors (Lipinski definition) is 0. The number of benzene rings is 1. The number of pyridine rings is 1. The van der Waals surface area contributed by atoms with Crippen LogP contribution in [0.3, 0.4) is 0 Å². The van der Waals surface area contributed by atoms with Crippen molar-refractivity contribution in [3.05, 3.63) is 52.7 Å². The molecule has 21 heavy (non-hydrogen) atoms. The molecular formula is C15H15N3O3. The van der Waals surface area contributed by atoms with Gasteiger partial charge in [-0.1, -0.05) is 6.07 Å². The number of fused-ring (bicyclic) bond motifs is 1. The van der Waals surface area contributed by atoms with Gasteiger partial charge in [-0.25, -0.2) is 4.98 Å². The second-order valence-corrected chi connectivity index (χ2v) is 5.54. The van der Waals surface area contributed by atoms with Gasteiger partial charge in [0.1, 0.15) is 17.2 Å². The molecule has 0 spiro atoms. The predicted molar refractivity (Wildman–Crippen MR) is 79.0 cm³/mol. The van der Waals surface area contributed by atoms with Gasteiger partial charge in [0.05, 0.1) is 17.2 Å². The van der Waals surface area contributed by atoms with Gasteiger partial charge < -0.3 is 9.64 Å². The van der Waals surface area contributed by atoms with E-state index in [1.165, 1.54) is 12.1 Å². The van der Waals surface area contributed by atoms with E-state index in [1.54, 1.807) is 12.3 Å². The molecule has 2 aromatic rings. The maximum Gasteiger partial charge on any atom is 0.271 e. The Bertz CT molecular complexity index is 686. The Morgan fingerprint density at radius 1 is 1.33 bits per heavy atom. The zero-order valence-corrected chi connectivity index (χ0v) is 11.8. The average Bonchev–Trinajstić information content (AvgIpc) is 2.46. The van der Waals surface area contributed by atoms with Crippen LogP contribution in [0.5, 0.6) is 5.75 Å². The molecule has 108 valence electrons. The first-order chi connectivity index (χ1) is 9.96. The first-order valence-corrected chi connectivity index (χ1v) is 6.62. The molecule has 1 aliphatic rings. The fraction of sp³-hybridized carbons (Fsp3) is 0.267. The molecule has 0 atom stereocenters. The van der Waals surface area contributed by atoms with E-state index in [9.17, 15) is 10.1 Å². The van der Waals surface area contributed by atoms with Crippen molar-refractivity contribution < 1.29 is 9.66 Å². The Hall–Kier alpha value is -2.63. The molecule has 0 radical (unpaired) electrons. The van der Waals surface area contributed by atoms with E-state index in [4.69, 9.17) is 4.74 Å². The summed E-state index contributed by atoms with van der Waals surface area (Å²) in [4.78, 5) is 16.9. The first-order valence-electron chi connectivity index (χ1n) is 6.62. The summed E-state index contributed by atoms with van der Waals surface area (Å²) in [5.41, 5.74) is 0.306. The van der Waals surface area contributed by atoms with Gasteiger partial charge in [-0.15, -0.1) is 0 Å². The van der Waals surface area contributed by atoms with Crippen molar-refractivity contribution in [2.75, 3.05) is 11.4 Å². The molecule has 1 aliphatic heterocycles. The number of aromatic nitrogens is 1. The standard InChI is InChI=1S/C15H15N3O3/c1-15(2)10-17(14-5-3-4-8-16-14)12-9-11(18(19)20)6-7-13(12)21-15/h3-9H,10H2,1-2H3. The lowest BCUT2D eigenvalue weighted by molar-refractivity contribution is -0.384. The molecule has 0 unspecified atom stereocenters. The van der Waals surface area contributed by atoms with Gasteiger partial charge in [-0.05, 0) is 32.0 Å². The smallest absolute Gasteiger partial charge is 0.271 e. The average molecular weight is 285 g/mol. The zero-order valence-electron chi connectivity index (χ0n) is 11.8. The second kappa shape index (κ2) is 4.73.